The van der Waals surface area contributed by atoms with Gasteiger partial charge in [-0.25, -0.2) is 9.59 Å². The molecule has 2 atom stereocenters. The lowest BCUT2D eigenvalue weighted by Crippen LogP contribution is -2.48. The second-order valence-corrected chi connectivity index (χ2v) is 11.6. The van der Waals surface area contributed by atoms with Crippen LogP contribution in [0, 0.1) is 0 Å². The second-order valence-electron chi connectivity index (χ2n) is 11.6. The lowest BCUT2D eigenvalue weighted by Gasteiger charge is -2.43. The van der Waals surface area contributed by atoms with Gasteiger partial charge < -0.3 is 18.9 Å². The fraction of sp³-hybridized carbons (Fsp3) is 0.531. The molecule has 2 amide bonds. The first-order chi connectivity index (χ1) is 22.0. The van der Waals surface area contributed by atoms with Crippen LogP contribution in [-0.2, 0) is 43.3 Å². The topological polar surface area (TPSA) is 94.6 Å². The highest BCUT2D eigenvalue weighted by molar-refractivity contribution is 5.92. The Morgan fingerprint density at radius 2 is 1.51 bits per heavy atom. The molecule has 0 aromatic heterocycles. The molecule has 1 fully saturated rings. The molecule has 15 heteroatoms. The molecule has 0 saturated heterocycles. The molecule has 2 aromatic carbocycles. The number of carbonyl (C=O) groups excluding carboxylic acids is 3. The Labute approximate surface area is 267 Å². The Morgan fingerprint density at radius 1 is 0.915 bits per heavy atom. The first-order valence-electron chi connectivity index (χ1n) is 14.9. The number of ether oxygens (including phenoxy) is 4. The third kappa shape index (κ3) is 6.93. The fourth-order valence-electron chi connectivity index (χ4n) is 6.65. The number of hydrogen-bond acceptors (Lipinski definition) is 7. The van der Waals surface area contributed by atoms with E-state index in [2.05, 4.69) is 0 Å². The van der Waals surface area contributed by atoms with Gasteiger partial charge in [-0.15, -0.1) is 0 Å². The largest absolute Gasteiger partial charge is 0.496 e. The summed E-state index contributed by atoms with van der Waals surface area (Å²) in [5.74, 6) is -0.278. The standard InChI is InChI=1S/C32H36F6N2O7/c1-6-47-29(43)40-18(2)11-24(22-15-26(44-3)23(16-25(22)40)30(27(41)45-4)9-7-8-10-30)39(28(42)46-5)17-19-12-20(31(33,34)35)14-21(13-19)32(36,37)38/h12-16,18,24H,6-11,17H2,1-5H3. The van der Waals surface area contributed by atoms with Gasteiger partial charge in [-0.2, -0.15) is 26.3 Å². The fourth-order valence-corrected chi connectivity index (χ4v) is 6.65. The van der Waals surface area contributed by atoms with Gasteiger partial charge in [-0.1, -0.05) is 12.8 Å². The van der Waals surface area contributed by atoms with E-state index in [-0.39, 0.29) is 36.1 Å². The van der Waals surface area contributed by atoms with E-state index in [1.54, 1.807) is 19.9 Å². The van der Waals surface area contributed by atoms with Crippen LogP contribution in [0.15, 0.2) is 30.3 Å². The monoisotopic (exact) mass is 674 g/mol. The predicted octanol–water partition coefficient (Wildman–Crippen LogP) is 7.78. The highest BCUT2D eigenvalue weighted by atomic mass is 19.4. The molecule has 2 aliphatic rings. The van der Waals surface area contributed by atoms with E-state index in [4.69, 9.17) is 18.9 Å². The van der Waals surface area contributed by atoms with E-state index in [0.29, 0.717) is 43.4 Å². The van der Waals surface area contributed by atoms with Crippen LogP contribution in [0.4, 0.5) is 41.6 Å². The van der Waals surface area contributed by atoms with Crippen molar-refractivity contribution < 1.29 is 59.7 Å². The van der Waals surface area contributed by atoms with Crippen molar-refractivity contribution >= 4 is 23.8 Å². The van der Waals surface area contributed by atoms with Gasteiger partial charge >= 0.3 is 30.5 Å². The molecule has 0 bridgehead atoms. The summed E-state index contributed by atoms with van der Waals surface area (Å²) in [6.07, 6.45) is -9.68. The summed E-state index contributed by atoms with van der Waals surface area (Å²) in [5, 5.41) is 0. The number of nitrogens with zero attached hydrogens (tertiary/aromatic N) is 2. The third-order valence-corrected chi connectivity index (χ3v) is 8.77. The number of amides is 2. The number of alkyl halides is 6. The van der Waals surface area contributed by atoms with Crippen LogP contribution < -0.4 is 9.64 Å². The Morgan fingerprint density at radius 3 is 2.00 bits per heavy atom. The number of hydrogen-bond donors (Lipinski definition) is 0. The molecule has 1 saturated carbocycles. The Bertz CT molecular complexity index is 1470. The minimum Gasteiger partial charge on any atom is -0.496 e. The van der Waals surface area contributed by atoms with Gasteiger partial charge in [0.1, 0.15) is 5.75 Å². The number of esters is 1. The normalized spacial score (nSPS) is 19.1. The number of rotatable bonds is 7. The lowest BCUT2D eigenvalue weighted by atomic mass is 9.76. The summed E-state index contributed by atoms with van der Waals surface area (Å²) in [6.45, 7) is 2.60. The molecule has 47 heavy (non-hydrogen) atoms. The first kappa shape index (κ1) is 35.7. The maximum Gasteiger partial charge on any atom is 0.416 e. The summed E-state index contributed by atoms with van der Waals surface area (Å²) in [6, 6.07) is 2.51. The molecule has 1 aliphatic carbocycles. The van der Waals surface area contributed by atoms with Gasteiger partial charge in [0.2, 0.25) is 0 Å². The average molecular weight is 675 g/mol. The van der Waals surface area contributed by atoms with Crippen LogP contribution in [0.3, 0.4) is 0 Å². The van der Waals surface area contributed by atoms with Crippen molar-refractivity contribution in [1.82, 2.24) is 4.90 Å². The van der Waals surface area contributed by atoms with Gasteiger partial charge in [-0.3, -0.25) is 14.6 Å². The van der Waals surface area contributed by atoms with Crippen molar-refractivity contribution in [2.75, 3.05) is 32.8 Å². The zero-order valence-electron chi connectivity index (χ0n) is 26.5. The minimum absolute atomic E-state index is 0.00332. The number of carbonyl (C=O) groups is 3. The predicted molar refractivity (Wildman–Crippen MR) is 156 cm³/mol. The molecule has 0 N–H and O–H groups in total. The zero-order valence-corrected chi connectivity index (χ0v) is 26.5. The summed E-state index contributed by atoms with van der Waals surface area (Å²) in [4.78, 5) is 42.2. The number of benzene rings is 2. The van der Waals surface area contributed by atoms with Crippen LogP contribution in [-0.4, -0.2) is 57.0 Å². The van der Waals surface area contributed by atoms with E-state index in [9.17, 15) is 40.7 Å². The number of anilines is 1. The molecule has 2 unspecified atom stereocenters. The smallest absolute Gasteiger partial charge is 0.416 e. The average Bonchev–Trinajstić information content (AvgIpc) is 3.52. The number of fused-ring (bicyclic) bond motifs is 1. The van der Waals surface area contributed by atoms with E-state index < -0.39 is 71.2 Å². The van der Waals surface area contributed by atoms with Crippen LogP contribution in [0.1, 0.15) is 79.8 Å². The van der Waals surface area contributed by atoms with Gasteiger partial charge in [0.25, 0.3) is 0 Å². The highest BCUT2D eigenvalue weighted by Gasteiger charge is 2.48. The summed E-state index contributed by atoms with van der Waals surface area (Å²) < 4.78 is 103. The molecule has 2 aromatic rings. The highest BCUT2D eigenvalue weighted by Crippen LogP contribution is 2.51. The molecule has 9 nitrogen and oxygen atoms in total. The Kier molecular flexibility index (Phi) is 10.3. The van der Waals surface area contributed by atoms with E-state index in [0.717, 1.165) is 12.0 Å². The van der Waals surface area contributed by atoms with Crippen molar-refractivity contribution in [3.8, 4) is 5.75 Å². The third-order valence-electron chi connectivity index (χ3n) is 8.77. The summed E-state index contributed by atoms with van der Waals surface area (Å²) >= 11 is 0. The first-order valence-corrected chi connectivity index (χ1v) is 14.9. The molecule has 1 aliphatic heterocycles. The van der Waals surface area contributed by atoms with Gasteiger partial charge in [0, 0.05) is 23.7 Å². The van der Waals surface area contributed by atoms with Gasteiger partial charge in [0.05, 0.1) is 56.2 Å². The van der Waals surface area contributed by atoms with E-state index in [1.165, 1.54) is 25.2 Å². The summed E-state index contributed by atoms with van der Waals surface area (Å²) in [5.41, 5.74) is -3.68. The van der Waals surface area contributed by atoms with Crippen LogP contribution in [0.2, 0.25) is 0 Å². The molecule has 0 radical (unpaired) electrons. The van der Waals surface area contributed by atoms with Crippen LogP contribution in [0.5, 0.6) is 5.75 Å². The van der Waals surface area contributed by atoms with Crippen molar-refractivity contribution in [2.24, 2.45) is 0 Å². The van der Waals surface area contributed by atoms with Crippen molar-refractivity contribution in [3.63, 3.8) is 0 Å². The molecule has 1 heterocycles. The molecule has 0 spiro atoms. The summed E-state index contributed by atoms with van der Waals surface area (Å²) in [7, 11) is 3.67. The van der Waals surface area contributed by atoms with Crippen molar-refractivity contribution in [1.29, 1.82) is 0 Å². The molecule has 258 valence electrons. The number of methoxy groups -OCH3 is 3. The SMILES string of the molecule is CCOC(=O)N1c2cc(C3(C(=O)OC)CCCC3)c(OC)cc2C(N(Cc2cc(C(F)(F)F)cc(C(F)(F)F)c2)C(=O)OC)CC1C. The Balaban J connectivity index is 1.95. The maximum atomic E-state index is 13.7. The van der Waals surface area contributed by atoms with Gasteiger partial charge in [-0.05, 0) is 69.0 Å². The van der Waals surface area contributed by atoms with Gasteiger partial charge in [0.15, 0.2) is 0 Å². The van der Waals surface area contributed by atoms with E-state index in [1.807, 2.05) is 0 Å². The van der Waals surface area contributed by atoms with Crippen molar-refractivity contribution in [2.45, 2.75) is 82.3 Å². The second kappa shape index (κ2) is 13.5. The molecular formula is C32H36F6N2O7. The van der Waals surface area contributed by atoms with Crippen LogP contribution in [0.25, 0.3) is 0 Å². The number of halogens is 6. The van der Waals surface area contributed by atoms with Crippen LogP contribution >= 0.6 is 0 Å². The Hall–Kier alpha value is -4.17. The molecule has 4 rings (SSSR count). The molecular weight excluding hydrogens is 638 g/mol. The van der Waals surface area contributed by atoms with E-state index >= 15 is 0 Å². The minimum atomic E-state index is -5.10. The quantitative estimate of drug-likeness (QED) is 0.168. The lowest BCUT2D eigenvalue weighted by molar-refractivity contribution is -0.147. The van der Waals surface area contributed by atoms with Crippen molar-refractivity contribution in [3.05, 3.63) is 58.1 Å². The zero-order chi connectivity index (χ0) is 34.9. The maximum absolute atomic E-state index is 13.7.